The molecule has 2 nitrogen and oxygen atoms in total. The Morgan fingerprint density at radius 1 is 1.15 bits per heavy atom. The SMILES string of the molecule is COc1ccc2c(c1)C(NCCc1ccccc1)CC2. The fourth-order valence-corrected chi connectivity index (χ4v) is 2.95. The van der Waals surface area contributed by atoms with Crippen LogP contribution in [0.3, 0.4) is 0 Å². The molecular formula is C18H21NO. The van der Waals surface area contributed by atoms with Crippen molar-refractivity contribution in [2.45, 2.75) is 25.3 Å². The monoisotopic (exact) mass is 267 g/mol. The fraction of sp³-hybridized carbons (Fsp3) is 0.333. The third-order valence-electron chi connectivity index (χ3n) is 4.08. The molecule has 1 unspecified atom stereocenters. The third kappa shape index (κ3) is 2.86. The average Bonchev–Trinajstić information content (AvgIpc) is 2.91. The normalized spacial score (nSPS) is 16.9. The largest absolute Gasteiger partial charge is 0.497 e. The molecule has 0 saturated carbocycles. The van der Waals surface area contributed by atoms with Crippen LogP contribution in [0, 0.1) is 0 Å². The van der Waals surface area contributed by atoms with E-state index >= 15 is 0 Å². The molecule has 3 rings (SSSR count). The Balaban J connectivity index is 1.60. The van der Waals surface area contributed by atoms with E-state index in [9.17, 15) is 0 Å². The van der Waals surface area contributed by atoms with Crippen molar-refractivity contribution in [3.8, 4) is 5.75 Å². The van der Waals surface area contributed by atoms with E-state index in [1.807, 2.05) is 0 Å². The van der Waals surface area contributed by atoms with Crippen LogP contribution in [-0.2, 0) is 12.8 Å². The number of fused-ring (bicyclic) bond motifs is 1. The van der Waals surface area contributed by atoms with Crippen molar-refractivity contribution in [1.29, 1.82) is 0 Å². The van der Waals surface area contributed by atoms with Gasteiger partial charge in [0.25, 0.3) is 0 Å². The van der Waals surface area contributed by atoms with Crippen LogP contribution < -0.4 is 10.1 Å². The average molecular weight is 267 g/mol. The summed E-state index contributed by atoms with van der Waals surface area (Å²) < 4.78 is 5.33. The minimum Gasteiger partial charge on any atom is -0.497 e. The molecule has 0 amide bonds. The predicted octanol–water partition coefficient (Wildman–Crippen LogP) is 3.51. The summed E-state index contributed by atoms with van der Waals surface area (Å²) in [5, 5.41) is 3.68. The van der Waals surface area contributed by atoms with Gasteiger partial charge in [-0.15, -0.1) is 0 Å². The number of aryl methyl sites for hydroxylation is 1. The van der Waals surface area contributed by atoms with Gasteiger partial charge in [-0.3, -0.25) is 0 Å². The number of methoxy groups -OCH3 is 1. The number of nitrogens with one attached hydrogen (secondary N) is 1. The lowest BCUT2D eigenvalue weighted by Crippen LogP contribution is -2.21. The Kier molecular flexibility index (Phi) is 4.03. The van der Waals surface area contributed by atoms with Crippen LogP contribution in [0.4, 0.5) is 0 Å². The zero-order valence-corrected chi connectivity index (χ0v) is 11.9. The lowest BCUT2D eigenvalue weighted by molar-refractivity contribution is 0.413. The first-order valence-corrected chi connectivity index (χ1v) is 7.31. The molecule has 0 heterocycles. The molecule has 1 atom stereocenters. The van der Waals surface area contributed by atoms with Gasteiger partial charge in [0.15, 0.2) is 0 Å². The van der Waals surface area contributed by atoms with Crippen LogP contribution in [0.15, 0.2) is 48.5 Å². The minimum absolute atomic E-state index is 0.476. The Morgan fingerprint density at radius 3 is 2.80 bits per heavy atom. The molecule has 1 N–H and O–H groups in total. The van der Waals surface area contributed by atoms with Gasteiger partial charge >= 0.3 is 0 Å². The summed E-state index contributed by atoms with van der Waals surface area (Å²) >= 11 is 0. The molecule has 2 aromatic carbocycles. The van der Waals surface area contributed by atoms with Crippen molar-refractivity contribution in [3.05, 3.63) is 65.2 Å². The van der Waals surface area contributed by atoms with Crippen molar-refractivity contribution in [1.82, 2.24) is 5.32 Å². The molecule has 20 heavy (non-hydrogen) atoms. The molecule has 2 aromatic rings. The van der Waals surface area contributed by atoms with Crippen molar-refractivity contribution in [3.63, 3.8) is 0 Å². The van der Waals surface area contributed by atoms with Crippen molar-refractivity contribution in [2.75, 3.05) is 13.7 Å². The maximum absolute atomic E-state index is 5.33. The van der Waals surface area contributed by atoms with Crippen molar-refractivity contribution < 1.29 is 4.74 Å². The van der Waals surface area contributed by atoms with Crippen LogP contribution in [0.1, 0.15) is 29.2 Å². The third-order valence-corrected chi connectivity index (χ3v) is 4.08. The number of rotatable bonds is 5. The summed E-state index contributed by atoms with van der Waals surface area (Å²) in [6.45, 7) is 1.02. The molecule has 0 aliphatic heterocycles. The highest BCUT2D eigenvalue weighted by Gasteiger charge is 2.22. The number of hydrogen-bond donors (Lipinski definition) is 1. The fourth-order valence-electron chi connectivity index (χ4n) is 2.95. The summed E-state index contributed by atoms with van der Waals surface area (Å²) in [7, 11) is 1.73. The minimum atomic E-state index is 0.476. The molecule has 1 aliphatic carbocycles. The van der Waals surface area contributed by atoms with Gasteiger partial charge in [-0.2, -0.15) is 0 Å². The van der Waals surface area contributed by atoms with Crippen LogP contribution in [0.25, 0.3) is 0 Å². The zero-order chi connectivity index (χ0) is 13.8. The van der Waals surface area contributed by atoms with Crippen molar-refractivity contribution >= 4 is 0 Å². The Bertz CT molecular complexity index is 565. The van der Waals surface area contributed by atoms with E-state index in [-0.39, 0.29) is 0 Å². The molecule has 0 saturated heterocycles. The smallest absolute Gasteiger partial charge is 0.119 e. The van der Waals surface area contributed by atoms with Gasteiger partial charge < -0.3 is 10.1 Å². The van der Waals surface area contributed by atoms with Crippen molar-refractivity contribution in [2.24, 2.45) is 0 Å². The maximum Gasteiger partial charge on any atom is 0.119 e. The zero-order valence-electron chi connectivity index (χ0n) is 11.9. The van der Waals surface area contributed by atoms with Gasteiger partial charge in [0.05, 0.1) is 7.11 Å². The molecule has 104 valence electrons. The molecule has 1 aliphatic rings. The highest BCUT2D eigenvalue weighted by atomic mass is 16.5. The summed E-state index contributed by atoms with van der Waals surface area (Å²) in [5.74, 6) is 0.959. The quantitative estimate of drug-likeness (QED) is 0.895. The van der Waals surface area contributed by atoms with Gasteiger partial charge in [0.1, 0.15) is 5.75 Å². The molecule has 2 heteroatoms. The number of ether oxygens (including phenoxy) is 1. The second kappa shape index (κ2) is 6.10. The van der Waals surface area contributed by atoms with Crippen LogP contribution in [0.2, 0.25) is 0 Å². The van der Waals surface area contributed by atoms with E-state index < -0.39 is 0 Å². The molecule has 0 bridgehead atoms. The van der Waals surface area contributed by atoms with Crippen LogP contribution >= 0.6 is 0 Å². The maximum atomic E-state index is 5.33. The van der Waals surface area contributed by atoms with Gasteiger partial charge in [0, 0.05) is 6.04 Å². The Morgan fingerprint density at radius 2 is 2.00 bits per heavy atom. The first-order valence-electron chi connectivity index (χ1n) is 7.31. The molecule has 0 fully saturated rings. The van der Waals surface area contributed by atoms with E-state index in [4.69, 9.17) is 4.74 Å². The summed E-state index contributed by atoms with van der Waals surface area (Å²) in [6.07, 6.45) is 3.44. The van der Waals surface area contributed by atoms with Gasteiger partial charge in [-0.05, 0) is 54.6 Å². The standard InChI is InChI=1S/C18H21NO/c1-20-16-9-7-15-8-10-18(17(15)13-16)19-12-11-14-5-3-2-4-6-14/h2-7,9,13,18-19H,8,10-12H2,1H3. The highest BCUT2D eigenvalue weighted by molar-refractivity contribution is 5.40. The summed E-state index contributed by atoms with van der Waals surface area (Å²) in [4.78, 5) is 0. The van der Waals surface area contributed by atoms with E-state index in [0.717, 1.165) is 18.7 Å². The number of hydrogen-bond acceptors (Lipinski definition) is 2. The van der Waals surface area contributed by atoms with Gasteiger partial charge in [-0.25, -0.2) is 0 Å². The topological polar surface area (TPSA) is 21.3 Å². The molecule has 0 radical (unpaired) electrons. The second-order valence-corrected chi connectivity index (χ2v) is 5.35. The number of benzene rings is 2. The summed E-state index contributed by atoms with van der Waals surface area (Å²) in [6, 6.07) is 17.6. The first kappa shape index (κ1) is 13.2. The highest BCUT2D eigenvalue weighted by Crippen LogP contribution is 2.33. The van der Waals surface area contributed by atoms with Crippen LogP contribution in [-0.4, -0.2) is 13.7 Å². The van der Waals surface area contributed by atoms with Gasteiger partial charge in [0.2, 0.25) is 0 Å². The lowest BCUT2D eigenvalue weighted by Gasteiger charge is -2.15. The summed E-state index contributed by atoms with van der Waals surface area (Å²) in [5.41, 5.74) is 4.27. The Hall–Kier alpha value is -1.80. The van der Waals surface area contributed by atoms with E-state index in [1.54, 1.807) is 7.11 Å². The molecule has 0 spiro atoms. The van der Waals surface area contributed by atoms with Crippen LogP contribution in [0.5, 0.6) is 5.75 Å². The predicted molar refractivity (Wildman–Crippen MR) is 82.2 cm³/mol. The Labute approximate surface area is 120 Å². The first-order chi connectivity index (χ1) is 9.86. The molecule has 0 aromatic heterocycles. The molecular weight excluding hydrogens is 246 g/mol. The second-order valence-electron chi connectivity index (χ2n) is 5.35. The lowest BCUT2D eigenvalue weighted by atomic mass is 10.1. The van der Waals surface area contributed by atoms with E-state index in [2.05, 4.69) is 53.8 Å². The van der Waals surface area contributed by atoms with Gasteiger partial charge in [-0.1, -0.05) is 36.4 Å². The van der Waals surface area contributed by atoms with E-state index in [0.29, 0.717) is 6.04 Å². The van der Waals surface area contributed by atoms with E-state index in [1.165, 1.54) is 29.5 Å².